The summed E-state index contributed by atoms with van der Waals surface area (Å²) in [5, 5.41) is 2.93. The molecule has 0 bridgehead atoms. The largest absolute Gasteiger partial charge is 0.379 e. The lowest BCUT2D eigenvalue weighted by atomic mass is 10.1. The van der Waals surface area contributed by atoms with E-state index in [1.807, 2.05) is 52.9 Å². The van der Waals surface area contributed by atoms with Crippen LogP contribution in [0, 0.1) is 6.92 Å². The first-order chi connectivity index (χ1) is 17.1. The van der Waals surface area contributed by atoms with Crippen LogP contribution in [-0.4, -0.2) is 75.5 Å². The average molecular weight is 475 g/mol. The molecule has 1 aromatic carbocycles. The first-order valence-corrected chi connectivity index (χ1v) is 12.1. The van der Waals surface area contributed by atoms with Crippen molar-refractivity contribution < 1.29 is 14.3 Å². The van der Waals surface area contributed by atoms with Gasteiger partial charge in [0.25, 0.3) is 5.91 Å². The second-order valence-corrected chi connectivity index (χ2v) is 8.94. The Bertz CT molecular complexity index is 1200. The number of aryl methyl sites for hydroxylation is 1. The molecule has 0 unspecified atom stereocenters. The Hall–Kier alpha value is -3.56. The number of hydrogen-bond donors (Lipinski definition) is 1. The minimum atomic E-state index is -0.0918. The number of rotatable bonds is 6. The minimum absolute atomic E-state index is 0.0530. The summed E-state index contributed by atoms with van der Waals surface area (Å²) >= 11 is 0. The van der Waals surface area contributed by atoms with Crippen LogP contribution in [0.4, 0.5) is 5.69 Å². The van der Waals surface area contributed by atoms with Crippen LogP contribution in [-0.2, 0) is 9.53 Å². The van der Waals surface area contributed by atoms with Crippen LogP contribution in [0.1, 0.15) is 40.8 Å². The Labute approximate surface area is 204 Å². The number of hydrogen-bond acceptors (Lipinski definition) is 6. The highest BCUT2D eigenvalue weighted by molar-refractivity contribution is 5.98. The predicted octanol–water partition coefficient (Wildman–Crippen LogP) is 2.82. The number of anilines is 1. The van der Waals surface area contributed by atoms with E-state index < -0.39 is 0 Å². The van der Waals surface area contributed by atoms with E-state index in [2.05, 4.69) is 15.2 Å². The lowest BCUT2D eigenvalue weighted by Gasteiger charge is -2.26. The topological polar surface area (TPSA) is 92.6 Å². The molecule has 4 heterocycles. The fourth-order valence-electron chi connectivity index (χ4n) is 4.76. The van der Waals surface area contributed by atoms with Gasteiger partial charge in [-0.1, -0.05) is 12.1 Å². The number of benzene rings is 1. The first kappa shape index (κ1) is 23.2. The molecule has 2 fully saturated rings. The number of morpholine rings is 1. The van der Waals surface area contributed by atoms with Crippen LogP contribution >= 0.6 is 0 Å². The third-order valence-electron chi connectivity index (χ3n) is 6.55. The highest BCUT2D eigenvalue weighted by atomic mass is 16.5. The summed E-state index contributed by atoms with van der Waals surface area (Å²) in [5.41, 5.74) is 2.06. The second kappa shape index (κ2) is 10.4. The lowest BCUT2D eigenvalue weighted by Crippen LogP contribution is -2.41. The second-order valence-electron chi connectivity index (χ2n) is 8.94. The van der Waals surface area contributed by atoms with Crippen molar-refractivity contribution >= 4 is 17.5 Å². The third kappa shape index (κ3) is 5.26. The number of ether oxygens (including phenoxy) is 1. The smallest absolute Gasteiger partial charge is 0.254 e. The molecule has 0 spiro atoms. The molecular weight excluding hydrogens is 444 g/mol. The Morgan fingerprint density at radius 2 is 1.94 bits per heavy atom. The fraction of sp³-hybridized carbons (Fsp3) is 0.385. The van der Waals surface area contributed by atoms with Crippen LogP contribution in [0.25, 0.3) is 5.82 Å². The minimum Gasteiger partial charge on any atom is -0.379 e. The number of aromatic nitrogens is 3. The van der Waals surface area contributed by atoms with Gasteiger partial charge in [-0.2, -0.15) is 0 Å². The average Bonchev–Trinajstić information content (AvgIpc) is 3.54. The van der Waals surface area contributed by atoms with Crippen molar-refractivity contribution in [3.63, 3.8) is 0 Å². The monoisotopic (exact) mass is 474 g/mol. The van der Waals surface area contributed by atoms with Crippen LogP contribution in [0.3, 0.4) is 0 Å². The molecule has 9 heteroatoms. The van der Waals surface area contributed by atoms with Crippen molar-refractivity contribution in [3.8, 4) is 5.82 Å². The van der Waals surface area contributed by atoms with Crippen LogP contribution in [0.5, 0.6) is 0 Å². The molecule has 1 N–H and O–H groups in total. The first-order valence-electron chi connectivity index (χ1n) is 12.1. The maximum absolute atomic E-state index is 13.5. The third-order valence-corrected chi connectivity index (χ3v) is 6.55. The fourth-order valence-corrected chi connectivity index (χ4v) is 4.76. The van der Waals surface area contributed by atoms with Gasteiger partial charge >= 0.3 is 0 Å². The van der Waals surface area contributed by atoms with Gasteiger partial charge < -0.3 is 15.0 Å². The molecule has 2 amide bonds. The SMILES string of the molecule is Cc1nccn1-c1cccc([C@H]2CCCN2C(=O)c2cccc(NC(=O)CN3CCOCC3)c2)n1. The number of amides is 2. The summed E-state index contributed by atoms with van der Waals surface area (Å²) in [4.78, 5) is 39.1. The normalized spacial score (nSPS) is 18.5. The molecule has 0 saturated carbocycles. The van der Waals surface area contributed by atoms with Crippen molar-refractivity contribution in [3.05, 3.63) is 71.9 Å². The van der Waals surface area contributed by atoms with E-state index >= 15 is 0 Å². The molecule has 5 rings (SSSR count). The molecule has 1 atom stereocenters. The van der Waals surface area contributed by atoms with Gasteiger partial charge in [-0.25, -0.2) is 9.97 Å². The number of nitrogens with one attached hydrogen (secondary N) is 1. The molecule has 3 aromatic rings. The molecular formula is C26H30N6O3. The highest BCUT2D eigenvalue weighted by Crippen LogP contribution is 2.33. The molecule has 9 nitrogen and oxygen atoms in total. The van der Waals surface area contributed by atoms with Gasteiger partial charge in [0.05, 0.1) is 31.5 Å². The van der Waals surface area contributed by atoms with Crippen molar-refractivity contribution in [2.45, 2.75) is 25.8 Å². The van der Waals surface area contributed by atoms with Crippen molar-refractivity contribution in [1.82, 2.24) is 24.3 Å². The molecule has 35 heavy (non-hydrogen) atoms. The zero-order valence-corrected chi connectivity index (χ0v) is 19.9. The summed E-state index contributed by atoms with van der Waals surface area (Å²) in [6.07, 6.45) is 5.42. The predicted molar refractivity (Wildman–Crippen MR) is 131 cm³/mol. The van der Waals surface area contributed by atoms with E-state index in [4.69, 9.17) is 9.72 Å². The zero-order valence-electron chi connectivity index (χ0n) is 19.9. The number of carbonyl (C=O) groups excluding carboxylic acids is 2. The van der Waals surface area contributed by atoms with E-state index in [0.717, 1.165) is 43.3 Å². The van der Waals surface area contributed by atoms with Gasteiger partial charge in [-0.05, 0) is 50.1 Å². The van der Waals surface area contributed by atoms with E-state index in [9.17, 15) is 9.59 Å². The van der Waals surface area contributed by atoms with Gasteiger partial charge in [0.1, 0.15) is 11.6 Å². The molecule has 2 saturated heterocycles. The summed E-state index contributed by atoms with van der Waals surface area (Å²) < 4.78 is 7.28. The molecule has 0 aliphatic carbocycles. The Morgan fingerprint density at radius 3 is 2.74 bits per heavy atom. The Kier molecular flexibility index (Phi) is 6.87. The zero-order chi connectivity index (χ0) is 24.2. The number of nitrogens with zero attached hydrogens (tertiary/aromatic N) is 5. The van der Waals surface area contributed by atoms with E-state index in [1.165, 1.54) is 0 Å². The van der Waals surface area contributed by atoms with Gasteiger partial charge in [-0.15, -0.1) is 0 Å². The van der Waals surface area contributed by atoms with Gasteiger partial charge in [-0.3, -0.25) is 19.1 Å². The van der Waals surface area contributed by atoms with Gasteiger partial charge in [0.15, 0.2) is 0 Å². The standard InChI is InChI=1S/C26H30N6O3/c1-19-27-10-12-31(19)24-9-3-7-22(29-24)23-8-4-11-32(23)26(34)20-5-2-6-21(17-20)28-25(33)18-30-13-15-35-16-14-30/h2-3,5-7,9-10,12,17,23H,4,8,11,13-16,18H2,1H3,(H,28,33)/t23-/m1/s1. The molecule has 0 radical (unpaired) electrons. The number of likely N-dealkylation sites (tertiary alicyclic amines) is 1. The summed E-state index contributed by atoms with van der Waals surface area (Å²) in [6, 6.07) is 13.0. The highest BCUT2D eigenvalue weighted by Gasteiger charge is 2.32. The van der Waals surface area contributed by atoms with E-state index in [0.29, 0.717) is 37.6 Å². The van der Waals surface area contributed by atoms with Crippen molar-refractivity contribution in [2.75, 3.05) is 44.7 Å². The van der Waals surface area contributed by atoms with E-state index in [-0.39, 0.29) is 17.9 Å². The Balaban J connectivity index is 1.29. The molecule has 2 aromatic heterocycles. The van der Waals surface area contributed by atoms with Crippen molar-refractivity contribution in [1.29, 1.82) is 0 Å². The molecule has 2 aliphatic rings. The maximum atomic E-state index is 13.5. The molecule has 2 aliphatic heterocycles. The summed E-state index contributed by atoms with van der Waals surface area (Å²) in [7, 11) is 0. The van der Waals surface area contributed by atoms with E-state index in [1.54, 1.807) is 18.3 Å². The van der Waals surface area contributed by atoms with Crippen LogP contribution in [0.2, 0.25) is 0 Å². The van der Waals surface area contributed by atoms with Gasteiger partial charge in [0.2, 0.25) is 5.91 Å². The quantitative estimate of drug-likeness (QED) is 0.591. The van der Waals surface area contributed by atoms with Crippen LogP contribution < -0.4 is 5.32 Å². The summed E-state index contributed by atoms with van der Waals surface area (Å²) in [5.74, 6) is 1.51. The Morgan fingerprint density at radius 1 is 1.11 bits per heavy atom. The number of carbonyl (C=O) groups is 2. The number of pyridine rings is 1. The van der Waals surface area contributed by atoms with Crippen molar-refractivity contribution in [2.24, 2.45) is 0 Å². The summed E-state index contributed by atoms with van der Waals surface area (Å²) in [6.45, 7) is 5.71. The molecule has 182 valence electrons. The maximum Gasteiger partial charge on any atom is 0.254 e. The van der Waals surface area contributed by atoms with Crippen LogP contribution in [0.15, 0.2) is 54.9 Å². The lowest BCUT2D eigenvalue weighted by molar-refractivity contribution is -0.118. The van der Waals surface area contributed by atoms with Gasteiger partial charge in [0, 0.05) is 43.3 Å². The number of imidazole rings is 1.